The molecule has 63 heavy (non-hydrogen) atoms. The van der Waals surface area contributed by atoms with Crippen LogP contribution in [0.3, 0.4) is 0 Å². The van der Waals surface area contributed by atoms with Crippen molar-refractivity contribution in [1.29, 1.82) is 21.0 Å². The van der Waals surface area contributed by atoms with Gasteiger partial charge in [0.05, 0.1) is 54.7 Å². The number of nitrogens with zero attached hydrogens (tertiary/aromatic N) is 4. The van der Waals surface area contributed by atoms with Gasteiger partial charge in [-0.25, -0.2) is 9.59 Å². The van der Waals surface area contributed by atoms with Crippen LogP contribution in [0.1, 0.15) is 104 Å². The molecule has 0 bridgehead atoms. The summed E-state index contributed by atoms with van der Waals surface area (Å²) in [7, 11) is -4.25. The first-order valence-electron chi connectivity index (χ1n) is 21.1. The minimum Gasteiger partial charge on any atom is -0.462 e. The van der Waals surface area contributed by atoms with E-state index < -0.39 is 28.3 Å². The summed E-state index contributed by atoms with van der Waals surface area (Å²) in [5.74, 6) is 1.61. The zero-order chi connectivity index (χ0) is 46.6. The summed E-state index contributed by atoms with van der Waals surface area (Å²) < 4.78 is 30.2. The van der Waals surface area contributed by atoms with Gasteiger partial charge in [-0.3, -0.25) is 0 Å². The Hall–Kier alpha value is -6.23. The van der Waals surface area contributed by atoms with Crippen molar-refractivity contribution in [3.8, 4) is 47.3 Å². The van der Waals surface area contributed by atoms with E-state index >= 15 is 0 Å². The van der Waals surface area contributed by atoms with E-state index in [9.17, 15) is 20.1 Å². The van der Waals surface area contributed by atoms with Gasteiger partial charge in [0.15, 0.2) is 8.32 Å². The SMILES string of the molecule is CC(CCOC(=O)c1ccc(Oc2ccc(C#N)c(C#N)c2)cc1)CC(C)(C)[Si](C)(C)OC(C)(C)[Si](C)(C)CC(C)CCOC(=O)c1ccc(Oc2ccc(C#N)c(C#N)c2)cc1. The fourth-order valence-corrected chi connectivity index (χ4v) is 14.1. The van der Waals surface area contributed by atoms with Crippen molar-refractivity contribution in [1.82, 2.24) is 0 Å². The van der Waals surface area contributed by atoms with Crippen molar-refractivity contribution in [3.05, 3.63) is 118 Å². The van der Waals surface area contributed by atoms with Gasteiger partial charge >= 0.3 is 11.9 Å². The molecule has 4 aromatic carbocycles. The average Bonchev–Trinajstić information content (AvgIpc) is 3.23. The van der Waals surface area contributed by atoms with Crippen LogP contribution in [0.5, 0.6) is 23.0 Å². The van der Waals surface area contributed by atoms with Gasteiger partial charge in [0.25, 0.3) is 0 Å². The van der Waals surface area contributed by atoms with E-state index in [1.807, 2.05) is 24.3 Å². The largest absolute Gasteiger partial charge is 0.462 e. The lowest BCUT2D eigenvalue weighted by atomic mass is 9.95. The third kappa shape index (κ3) is 13.4. The minimum atomic E-state index is -2.28. The molecule has 0 aliphatic carbocycles. The number of hydrogen-bond acceptors (Lipinski definition) is 11. The Morgan fingerprint density at radius 3 is 1.35 bits per heavy atom. The van der Waals surface area contributed by atoms with E-state index in [1.165, 1.54) is 24.3 Å². The van der Waals surface area contributed by atoms with E-state index in [0.717, 1.165) is 25.3 Å². The molecule has 0 saturated carbocycles. The Kier molecular flexibility index (Phi) is 16.7. The highest BCUT2D eigenvalue weighted by Crippen LogP contribution is 2.47. The molecule has 0 aliphatic rings. The fourth-order valence-electron chi connectivity index (χ4n) is 7.37. The highest BCUT2D eigenvalue weighted by molar-refractivity contribution is 6.82. The zero-order valence-corrected chi connectivity index (χ0v) is 40.1. The Morgan fingerprint density at radius 2 is 0.952 bits per heavy atom. The second-order valence-corrected chi connectivity index (χ2v) is 28.4. The van der Waals surface area contributed by atoms with Crippen LogP contribution in [0.25, 0.3) is 0 Å². The van der Waals surface area contributed by atoms with Crippen molar-refractivity contribution < 1.29 is 33.0 Å². The highest BCUT2D eigenvalue weighted by atomic mass is 28.4. The van der Waals surface area contributed by atoms with Gasteiger partial charge < -0.3 is 23.4 Å². The molecular formula is C50H58N4O7Si2. The smallest absolute Gasteiger partial charge is 0.338 e. The second kappa shape index (κ2) is 21.2. The van der Waals surface area contributed by atoms with Crippen LogP contribution in [-0.4, -0.2) is 46.8 Å². The molecule has 0 aliphatic heterocycles. The van der Waals surface area contributed by atoms with Crippen molar-refractivity contribution in [2.24, 2.45) is 11.8 Å². The molecule has 328 valence electrons. The van der Waals surface area contributed by atoms with Gasteiger partial charge in [-0.05, 0) is 148 Å². The first kappa shape index (κ1) is 49.4. The maximum atomic E-state index is 12.9. The third-order valence-electron chi connectivity index (χ3n) is 12.3. The first-order valence-corrected chi connectivity index (χ1v) is 27.2. The van der Waals surface area contributed by atoms with Crippen LogP contribution in [-0.2, 0) is 13.9 Å². The molecule has 0 saturated heterocycles. The maximum absolute atomic E-state index is 12.9. The van der Waals surface area contributed by atoms with Gasteiger partial charge in [-0.1, -0.05) is 46.8 Å². The number of carbonyl (C=O) groups excluding carboxylic acids is 2. The van der Waals surface area contributed by atoms with E-state index in [2.05, 4.69) is 67.7 Å². The quantitative estimate of drug-likeness (QED) is 0.0610. The summed E-state index contributed by atoms with van der Waals surface area (Å²) in [6.07, 6.45) is 2.38. The number of nitriles is 4. The molecule has 2 atom stereocenters. The molecule has 0 heterocycles. The molecule has 0 spiro atoms. The number of ether oxygens (including phenoxy) is 4. The van der Waals surface area contributed by atoms with Gasteiger partial charge in [0, 0.05) is 5.22 Å². The highest BCUT2D eigenvalue weighted by Gasteiger charge is 2.50. The molecule has 4 rings (SSSR count). The molecule has 2 unspecified atom stereocenters. The van der Waals surface area contributed by atoms with Crippen LogP contribution >= 0.6 is 0 Å². The Morgan fingerprint density at radius 1 is 0.571 bits per heavy atom. The van der Waals surface area contributed by atoms with E-state index in [4.69, 9.17) is 33.9 Å². The van der Waals surface area contributed by atoms with Crippen LogP contribution in [0.2, 0.25) is 37.3 Å². The Balaban J connectivity index is 1.20. The number of hydrogen-bond donors (Lipinski definition) is 0. The molecule has 0 N–H and O–H groups in total. The Bertz CT molecular complexity index is 2250. The molecule has 0 radical (unpaired) electrons. The summed E-state index contributed by atoms with van der Waals surface area (Å²) in [5, 5.41) is 36.5. The van der Waals surface area contributed by atoms with Gasteiger partial charge in [0.1, 0.15) is 47.3 Å². The van der Waals surface area contributed by atoms with Crippen LogP contribution < -0.4 is 9.47 Å². The van der Waals surface area contributed by atoms with E-state index in [0.29, 0.717) is 59.2 Å². The first-order chi connectivity index (χ1) is 29.6. The lowest BCUT2D eigenvalue weighted by Gasteiger charge is -2.51. The summed E-state index contributed by atoms with van der Waals surface area (Å²) >= 11 is 0. The van der Waals surface area contributed by atoms with E-state index in [1.54, 1.807) is 60.7 Å². The topological polar surface area (TPSA) is 175 Å². The molecule has 13 heteroatoms. The minimum absolute atomic E-state index is 0.0638. The molecule has 0 aromatic heterocycles. The van der Waals surface area contributed by atoms with Crippen LogP contribution in [0, 0.1) is 57.2 Å². The van der Waals surface area contributed by atoms with E-state index in [-0.39, 0.29) is 32.5 Å². The summed E-state index contributed by atoms with van der Waals surface area (Å²) in [5.41, 5.74) is 1.83. The predicted octanol–water partition coefficient (Wildman–Crippen LogP) is 12.2. The van der Waals surface area contributed by atoms with Crippen molar-refractivity contribution in [2.45, 2.75) is 103 Å². The molecule has 0 fully saturated rings. The monoisotopic (exact) mass is 882 g/mol. The maximum Gasteiger partial charge on any atom is 0.338 e. The molecular weight excluding hydrogens is 825 g/mol. The van der Waals surface area contributed by atoms with Gasteiger partial charge in [-0.15, -0.1) is 0 Å². The van der Waals surface area contributed by atoms with Crippen LogP contribution in [0.4, 0.5) is 0 Å². The number of esters is 2. The number of carbonyl (C=O) groups is 2. The average molecular weight is 883 g/mol. The lowest BCUT2D eigenvalue weighted by Crippen LogP contribution is -2.59. The summed E-state index contributed by atoms with van der Waals surface area (Å²) in [4.78, 5) is 25.8. The van der Waals surface area contributed by atoms with Gasteiger partial charge in [0.2, 0.25) is 0 Å². The second-order valence-electron chi connectivity index (χ2n) is 18.5. The predicted molar refractivity (Wildman–Crippen MR) is 246 cm³/mol. The van der Waals surface area contributed by atoms with Gasteiger partial charge in [-0.2, -0.15) is 21.0 Å². The normalized spacial score (nSPS) is 12.7. The standard InChI is InChI=1S/C50H58N4O7Si2/c1-35(23-25-57-47(55)37-11-17-43(18-12-37)59-45-21-15-39(30-51)41(27-45)32-53)29-49(3,4)63(9,10)61-50(5,6)62(7,8)34-36(2)24-26-58-48(56)38-13-19-44(20-14-38)60-46-22-16-40(31-52)42(28-46)33-54/h11-22,27-28,35-36H,23-26,29,34H2,1-10H3. The van der Waals surface area contributed by atoms with Crippen molar-refractivity contribution in [2.75, 3.05) is 13.2 Å². The summed E-state index contributed by atoms with van der Waals surface area (Å²) in [6, 6.07) is 31.5. The van der Waals surface area contributed by atoms with Crippen molar-refractivity contribution >= 4 is 28.3 Å². The number of benzene rings is 4. The molecule has 4 aromatic rings. The molecule has 0 amide bonds. The third-order valence-corrected chi connectivity index (χ3v) is 22.1. The Labute approximate surface area is 374 Å². The van der Waals surface area contributed by atoms with Crippen molar-refractivity contribution in [3.63, 3.8) is 0 Å². The summed E-state index contributed by atoms with van der Waals surface area (Å²) in [6.45, 7) is 23.5. The zero-order valence-electron chi connectivity index (χ0n) is 38.1. The number of rotatable bonds is 20. The van der Waals surface area contributed by atoms with Crippen LogP contribution in [0.15, 0.2) is 84.9 Å². The molecule has 11 nitrogen and oxygen atoms in total. The lowest BCUT2D eigenvalue weighted by molar-refractivity contribution is 0.0475. The fraction of sp³-hybridized carbons (Fsp3) is 0.400.